The summed E-state index contributed by atoms with van der Waals surface area (Å²) in [5.74, 6) is 1.17. The quantitative estimate of drug-likeness (QED) is 0.720. The molecule has 0 aliphatic carbocycles. The Morgan fingerprint density at radius 1 is 1.29 bits per heavy atom. The lowest BCUT2D eigenvalue weighted by Crippen LogP contribution is -2.21. The summed E-state index contributed by atoms with van der Waals surface area (Å²) in [5.41, 5.74) is 0. The highest BCUT2D eigenvalue weighted by molar-refractivity contribution is 5.39. The molecule has 0 spiro atoms. The van der Waals surface area contributed by atoms with Gasteiger partial charge in [0.2, 0.25) is 0 Å². The van der Waals surface area contributed by atoms with E-state index in [1.807, 2.05) is 12.1 Å². The molecule has 1 aromatic rings. The zero-order chi connectivity index (χ0) is 10.4. The summed E-state index contributed by atoms with van der Waals surface area (Å²) in [5, 5.41) is 17.6. The van der Waals surface area contributed by atoms with Crippen LogP contribution < -0.4 is 9.47 Å². The number of para-hydroxylation sites is 2. The average Bonchev–Trinajstić information content (AvgIpc) is 2.26. The Balaban J connectivity index is 2.57. The SMILES string of the molecule is COc1ccccc1OC[C@@H](O)CO. The first-order valence-electron chi connectivity index (χ1n) is 4.32. The highest BCUT2D eigenvalue weighted by Gasteiger charge is 2.06. The maximum absolute atomic E-state index is 9.07. The molecule has 0 aliphatic rings. The van der Waals surface area contributed by atoms with Crippen molar-refractivity contribution >= 4 is 0 Å². The minimum atomic E-state index is -0.861. The van der Waals surface area contributed by atoms with E-state index >= 15 is 0 Å². The fourth-order valence-electron chi connectivity index (χ4n) is 0.977. The van der Waals surface area contributed by atoms with Crippen molar-refractivity contribution in [2.75, 3.05) is 20.3 Å². The Hall–Kier alpha value is -1.26. The van der Waals surface area contributed by atoms with Crippen LogP contribution in [0.3, 0.4) is 0 Å². The Bertz CT molecular complexity index is 275. The smallest absolute Gasteiger partial charge is 0.161 e. The Morgan fingerprint density at radius 2 is 1.93 bits per heavy atom. The standard InChI is InChI=1S/C10H14O4/c1-13-9-4-2-3-5-10(9)14-7-8(12)6-11/h2-5,8,11-12H,6-7H2,1H3/t8-/m0/s1. The van der Waals surface area contributed by atoms with Gasteiger partial charge in [0.1, 0.15) is 12.7 Å². The van der Waals surface area contributed by atoms with Gasteiger partial charge in [-0.2, -0.15) is 0 Å². The minimum absolute atomic E-state index is 0.0525. The van der Waals surface area contributed by atoms with Crippen LogP contribution in [0.25, 0.3) is 0 Å². The number of aliphatic hydroxyl groups excluding tert-OH is 2. The van der Waals surface area contributed by atoms with Crippen LogP contribution in [0.2, 0.25) is 0 Å². The van der Waals surface area contributed by atoms with Gasteiger partial charge in [0.25, 0.3) is 0 Å². The lowest BCUT2D eigenvalue weighted by molar-refractivity contribution is 0.0527. The second-order valence-corrected chi connectivity index (χ2v) is 2.80. The first-order chi connectivity index (χ1) is 6.77. The molecule has 0 heterocycles. The number of hydrogen-bond donors (Lipinski definition) is 2. The Morgan fingerprint density at radius 3 is 2.50 bits per heavy atom. The van der Waals surface area contributed by atoms with E-state index in [1.54, 1.807) is 19.2 Å². The molecule has 78 valence electrons. The summed E-state index contributed by atoms with van der Waals surface area (Å²) < 4.78 is 10.3. The van der Waals surface area contributed by atoms with Crippen LogP contribution in [0, 0.1) is 0 Å². The van der Waals surface area contributed by atoms with Crippen molar-refractivity contribution in [3.05, 3.63) is 24.3 Å². The summed E-state index contributed by atoms with van der Waals surface area (Å²) in [6, 6.07) is 7.14. The fraction of sp³-hybridized carbons (Fsp3) is 0.400. The molecule has 14 heavy (non-hydrogen) atoms. The van der Waals surface area contributed by atoms with Gasteiger partial charge in [0, 0.05) is 0 Å². The van der Waals surface area contributed by atoms with E-state index in [0.29, 0.717) is 11.5 Å². The molecular weight excluding hydrogens is 184 g/mol. The lowest BCUT2D eigenvalue weighted by atomic mass is 10.3. The van der Waals surface area contributed by atoms with E-state index in [0.717, 1.165) is 0 Å². The number of hydrogen-bond acceptors (Lipinski definition) is 4. The summed E-state index contributed by atoms with van der Waals surface area (Å²) in [6.45, 7) is -0.258. The number of aliphatic hydroxyl groups is 2. The van der Waals surface area contributed by atoms with Gasteiger partial charge in [-0.05, 0) is 12.1 Å². The van der Waals surface area contributed by atoms with E-state index < -0.39 is 6.10 Å². The normalized spacial score (nSPS) is 12.2. The third kappa shape index (κ3) is 2.90. The van der Waals surface area contributed by atoms with Crippen molar-refractivity contribution in [1.82, 2.24) is 0 Å². The molecule has 4 heteroatoms. The molecule has 1 aromatic carbocycles. The van der Waals surface area contributed by atoms with E-state index in [1.165, 1.54) is 0 Å². The van der Waals surface area contributed by atoms with Gasteiger partial charge in [-0.1, -0.05) is 12.1 Å². The predicted molar refractivity (Wildman–Crippen MR) is 51.6 cm³/mol. The van der Waals surface area contributed by atoms with Gasteiger partial charge >= 0.3 is 0 Å². The second-order valence-electron chi connectivity index (χ2n) is 2.80. The van der Waals surface area contributed by atoms with E-state index in [-0.39, 0.29) is 13.2 Å². The van der Waals surface area contributed by atoms with Crippen LogP contribution in [-0.4, -0.2) is 36.6 Å². The maximum Gasteiger partial charge on any atom is 0.161 e. The molecule has 0 saturated heterocycles. The summed E-state index contributed by atoms with van der Waals surface area (Å²) in [4.78, 5) is 0. The summed E-state index contributed by atoms with van der Waals surface area (Å²) in [6.07, 6.45) is -0.861. The molecular formula is C10H14O4. The molecule has 0 radical (unpaired) electrons. The van der Waals surface area contributed by atoms with Crippen molar-refractivity contribution < 1.29 is 19.7 Å². The van der Waals surface area contributed by atoms with Crippen molar-refractivity contribution in [3.8, 4) is 11.5 Å². The molecule has 0 aromatic heterocycles. The molecule has 0 fully saturated rings. The van der Waals surface area contributed by atoms with Crippen LogP contribution in [-0.2, 0) is 0 Å². The molecule has 4 nitrogen and oxygen atoms in total. The molecule has 0 aliphatic heterocycles. The van der Waals surface area contributed by atoms with Gasteiger partial charge in [-0.15, -0.1) is 0 Å². The van der Waals surface area contributed by atoms with Crippen molar-refractivity contribution in [3.63, 3.8) is 0 Å². The topological polar surface area (TPSA) is 58.9 Å². The van der Waals surface area contributed by atoms with Crippen LogP contribution in [0.15, 0.2) is 24.3 Å². The predicted octanol–water partition coefficient (Wildman–Crippen LogP) is 0.427. The van der Waals surface area contributed by atoms with Crippen molar-refractivity contribution in [2.24, 2.45) is 0 Å². The van der Waals surface area contributed by atoms with Crippen LogP contribution in [0.1, 0.15) is 0 Å². The molecule has 1 rings (SSSR count). The number of ether oxygens (including phenoxy) is 2. The monoisotopic (exact) mass is 198 g/mol. The maximum atomic E-state index is 9.07. The van der Waals surface area contributed by atoms with Crippen molar-refractivity contribution in [2.45, 2.75) is 6.10 Å². The highest BCUT2D eigenvalue weighted by Crippen LogP contribution is 2.25. The minimum Gasteiger partial charge on any atom is -0.493 e. The summed E-state index contributed by atoms with van der Waals surface area (Å²) in [7, 11) is 1.55. The van der Waals surface area contributed by atoms with Gasteiger partial charge in [-0.25, -0.2) is 0 Å². The highest BCUT2D eigenvalue weighted by atomic mass is 16.5. The molecule has 0 bridgehead atoms. The van der Waals surface area contributed by atoms with Gasteiger partial charge in [0.05, 0.1) is 13.7 Å². The lowest BCUT2D eigenvalue weighted by Gasteiger charge is -2.12. The largest absolute Gasteiger partial charge is 0.493 e. The van der Waals surface area contributed by atoms with Gasteiger partial charge in [-0.3, -0.25) is 0 Å². The molecule has 2 N–H and O–H groups in total. The zero-order valence-electron chi connectivity index (χ0n) is 8.01. The zero-order valence-corrected chi connectivity index (χ0v) is 8.01. The first kappa shape index (κ1) is 10.8. The van der Waals surface area contributed by atoms with Crippen LogP contribution >= 0.6 is 0 Å². The molecule has 1 atom stereocenters. The van der Waals surface area contributed by atoms with Gasteiger partial charge in [0.15, 0.2) is 11.5 Å². The Kier molecular flexibility index (Phi) is 4.22. The van der Waals surface area contributed by atoms with Crippen molar-refractivity contribution in [1.29, 1.82) is 0 Å². The molecule has 0 saturated carbocycles. The number of benzene rings is 1. The van der Waals surface area contributed by atoms with Crippen LogP contribution in [0.4, 0.5) is 0 Å². The first-order valence-corrected chi connectivity index (χ1v) is 4.32. The summed E-state index contributed by atoms with van der Waals surface area (Å²) >= 11 is 0. The van der Waals surface area contributed by atoms with E-state index in [9.17, 15) is 0 Å². The van der Waals surface area contributed by atoms with E-state index in [2.05, 4.69) is 0 Å². The van der Waals surface area contributed by atoms with E-state index in [4.69, 9.17) is 19.7 Å². The number of methoxy groups -OCH3 is 1. The van der Waals surface area contributed by atoms with Gasteiger partial charge < -0.3 is 19.7 Å². The van der Waals surface area contributed by atoms with Crippen LogP contribution in [0.5, 0.6) is 11.5 Å². The third-order valence-corrected chi connectivity index (χ3v) is 1.71. The Labute approximate surface area is 82.7 Å². The molecule has 0 amide bonds. The third-order valence-electron chi connectivity index (χ3n) is 1.71. The second kappa shape index (κ2) is 5.47. The average molecular weight is 198 g/mol. The number of rotatable bonds is 5. The molecule has 0 unspecified atom stereocenters. The fourth-order valence-corrected chi connectivity index (χ4v) is 0.977.